The summed E-state index contributed by atoms with van der Waals surface area (Å²) in [4.78, 5) is 0. The number of hydrogen-bond donors (Lipinski definition) is 1. The maximum Gasteiger partial charge on any atom is 0.0598 e. The van der Waals surface area contributed by atoms with Gasteiger partial charge in [-0.1, -0.05) is 17.7 Å². The van der Waals surface area contributed by atoms with Crippen molar-refractivity contribution in [1.82, 2.24) is 5.32 Å². The van der Waals surface area contributed by atoms with E-state index in [1.165, 1.54) is 32.3 Å². The molecule has 0 radical (unpaired) electrons. The van der Waals surface area contributed by atoms with Crippen molar-refractivity contribution < 1.29 is 0 Å². The third-order valence-corrected chi connectivity index (χ3v) is 5.02. The van der Waals surface area contributed by atoms with Gasteiger partial charge < -0.3 is 5.32 Å². The topological polar surface area (TPSA) is 12.0 Å². The van der Waals surface area contributed by atoms with Crippen LogP contribution in [0, 0.1) is 20.8 Å². The second-order valence-corrected chi connectivity index (χ2v) is 6.31. The van der Waals surface area contributed by atoms with Crippen LogP contribution in [0.3, 0.4) is 0 Å². The summed E-state index contributed by atoms with van der Waals surface area (Å²) in [6, 6.07) is 4.77. The molecule has 2 aromatic rings. The molecule has 1 unspecified atom stereocenters. The summed E-state index contributed by atoms with van der Waals surface area (Å²) in [6.07, 6.45) is 0. The Kier molecular flexibility index (Phi) is 4.25. The molecule has 0 fully saturated rings. The van der Waals surface area contributed by atoms with Gasteiger partial charge in [-0.25, -0.2) is 0 Å². The van der Waals surface area contributed by atoms with Crippen molar-refractivity contribution in [1.29, 1.82) is 0 Å². The van der Waals surface area contributed by atoms with E-state index in [1.54, 1.807) is 11.3 Å². The van der Waals surface area contributed by atoms with Gasteiger partial charge in [0.25, 0.3) is 0 Å². The van der Waals surface area contributed by atoms with Crippen LogP contribution in [-0.2, 0) is 0 Å². The van der Waals surface area contributed by atoms with Crippen LogP contribution < -0.4 is 5.32 Å². The Morgan fingerprint density at radius 3 is 2.17 bits per heavy atom. The molecule has 0 bridgehead atoms. The third-order valence-electron chi connectivity index (χ3n) is 3.27. The van der Waals surface area contributed by atoms with E-state index in [4.69, 9.17) is 0 Å². The van der Waals surface area contributed by atoms with Crippen molar-refractivity contribution in [2.45, 2.75) is 26.8 Å². The second kappa shape index (κ2) is 5.55. The first-order valence-electron chi connectivity index (χ1n) is 6.01. The van der Waals surface area contributed by atoms with E-state index in [1.807, 2.05) is 7.05 Å². The number of aryl methyl sites for hydroxylation is 3. The molecule has 1 aromatic heterocycles. The molecule has 96 valence electrons. The summed E-state index contributed by atoms with van der Waals surface area (Å²) >= 11 is 5.37. The largest absolute Gasteiger partial charge is 0.309 e. The molecule has 0 saturated carbocycles. The molecule has 1 heterocycles. The summed E-state index contributed by atoms with van der Waals surface area (Å²) in [5, 5.41) is 7.79. The van der Waals surface area contributed by atoms with Crippen molar-refractivity contribution in [2.75, 3.05) is 7.05 Å². The molecule has 0 aliphatic carbocycles. The Balaban J connectivity index is 2.56. The zero-order valence-corrected chi connectivity index (χ0v) is 13.6. The highest BCUT2D eigenvalue weighted by molar-refractivity contribution is 9.10. The van der Waals surface area contributed by atoms with Gasteiger partial charge >= 0.3 is 0 Å². The second-order valence-electron chi connectivity index (χ2n) is 4.71. The molecule has 1 aromatic carbocycles. The number of thiophene rings is 1. The molecule has 0 aliphatic heterocycles. The Morgan fingerprint density at radius 1 is 1.11 bits per heavy atom. The first-order chi connectivity index (χ1) is 8.54. The van der Waals surface area contributed by atoms with E-state index in [9.17, 15) is 0 Å². The van der Waals surface area contributed by atoms with E-state index in [0.29, 0.717) is 0 Å². The highest BCUT2D eigenvalue weighted by Crippen LogP contribution is 2.34. The first kappa shape index (κ1) is 13.8. The Hall–Kier alpha value is -0.640. The minimum Gasteiger partial charge on any atom is -0.309 e. The van der Waals surface area contributed by atoms with Crippen molar-refractivity contribution in [3.8, 4) is 0 Å². The summed E-state index contributed by atoms with van der Waals surface area (Å²) in [6.45, 7) is 6.54. The average Bonchev–Trinajstić information content (AvgIpc) is 2.69. The molecule has 0 aliphatic rings. The van der Waals surface area contributed by atoms with Gasteiger partial charge in [0.15, 0.2) is 0 Å². The van der Waals surface area contributed by atoms with Gasteiger partial charge in [-0.15, -0.1) is 0 Å². The van der Waals surface area contributed by atoms with Crippen LogP contribution >= 0.6 is 27.3 Å². The van der Waals surface area contributed by atoms with E-state index in [0.717, 1.165) is 0 Å². The SMILES string of the molecule is CNC(c1cscc1Br)c1c(C)cc(C)cc1C. The molecule has 1 N–H and O–H groups in total. The zero-order chi connectivity index (χ0) is 13.3. The molecular formula is C15H18BrNS. The monoisotopic (exact) mass is 323 g/mol. The molecular weight excluding hydrogens is 306 g/mol. The van der Waals surface area contributed by atoms with Crippen LogP contribution in [0.4, 0.5) is 0 Å². The number of nitrogens with one attached hydrogen (secondary N) is 1. The van der Waals surface area contributed by atoms with Crippen LogP contribution in [-0.4, -0.2) is 7.05 Å². The predicted octanol–water partition coefficient (Wildman–Crippen LogP) is 4.74. The molecule has 3 heteroatoms. The fourth-order valence-corrected chi connectivity index (χ4v) is 4.15. The lowest BCUT2D eigenvalue weighted by Gasteiger charge is -2.22. The minimum atomic E-state index is 0.256. The van der Waals surface area contributed by atoms with Crippen LogP contribution in [0.15, 0.2) is 27.4 Å². The number of halogens is 1. The standard InChI is InChI=1S/C15H18BrNS/c1-9-5-10(2)14(11(3)6-9)15(17-4)12-7-18-8-13(12)16/h5-8,15,17H,1-4H3. The highest BCUT2D eigenvalue weighted by Gasteiger charge is 2.19. The molecule has 0 amide bonds. The van der Waals surface area contributed by atoms with E-state index in [2.05, 4.69) is 64.9 Å². The maximum absolute atomic E-state index is 3.64. The molecule has 0 spiro atoms. The summed E-state index contributed by atoms with van der Waals surface area (Å²) in [5.74, 6) is 0. The number of benzene rings is 1. The summed E-state index contributed by atoms with van der Waals surface area (Å²) < 4.78 is 1.19. The first-order valence-corrected chi connectivity index (χ1v) is 7.74. The normalized spacial score (nSPS) is 12.7. The lowest BCUT2D eigenvalue weighted by atomic mass is 9.91. The zero-order valence-electron chi connectivity index (χ0n) is 11.2. The average molecular weight is 324 g/mol. The number of hydrogen-bond acceptors (Lipinski definition) is 2. The molecule has 1 atom stereocenters. The maximum atomic E-state index is 3.64. The van der Waals surface area contributed by atoms with Gasteiger partial charge in [-0.2, -0.15) is 11.3 Å². The quantitative estimate of drug-likeness (QED) is 0.859. The van der Waals surface area contributed by atoms with Gasteiger partial charge in [0.05, 0.1) is 6.04 Å². The predicted molar refractivity (Wildman–Crippen MR) is 83.6 cm³/mol. The van der Waals surface area contributed by atoms with Crippen molar-refractivity contribution in [3.05, 3.63) is 55.2 Å². The van der Waals surface area contributed by atoms with Crippen molar-refractivity contribution in [3.63, 3.8) is 0 Å². The Bertz CT molecular complexity index is 536. The summed E-state index contributed by atoms with van der Waals surface area (Å²) in [7, 11) is 2.02. The Labute approximate surface area is 121 Å². The van der Waals surface area contributed by atoms with Gasteiger partial charge in [0.1, 0.15) is 0 Å². The lowest BCUT2D eigenvalue weighted by Crippen LogP contribution is -2.19. The fraction of sp³-hybridized carbons (Fsp3) is 0.333. The van der Waals surface area contributed by atoms with E-state index >= 15 is 0 Å². The van der Waals surface area contributed by atoms with Gasteiger partial charge in [0, 0.05) is 9.85 Å². The minimum absolute atomic E-state index is 0.256. The lowest BCUT2D eigenvalue weighted by molar-refractivity contribution is 0.682. The van der Waals surface area contributed by atoms with Crippen molar-refractivity contribution >= 4 is 27.3 Å². The molecule has 18 heavy (non-hydrogen) atoms. The molecule has 2 rings (SSSR count). The summed E-state index contributed by atoms with van der Waals surface area (Å²) in [5.41, 5.74) is 6.74. The van der Waals surface area contributed by atoms with Crippen LogP contribution in [0.2, 0.25) is 0 Å². The van der Waals surface area contributed by atoms with Crippen molar-refractivity contribution in [2.24, 2.45) is 0 Å². The van der Waals surface area contributed by atoms with Crippen LogP contribution in [0.5, 0.6) is 0 Å². The fourth-order valence-electron chi connectivity index (χ4n) is 2.60. The van der Waals surface area contributed by atoms with Crippen LogP contribution in [0.1, 0.15) is 33.9 Å². The van der Waals surface area contributed by atoms with Gasteiger partial charge in [0.2, 0.25) is 0 Å². The van der Waals surface area contributed by atoms with E-state index < -0.39 is 0 Å². The highest BCUT2D eigenvalue weighted by atomic mass is 79.9. The molecule has 0 saturated heterocycles. The van der Waals surface area contributed by atoms with Gasteiger partial charge in [-0.3, -0.25) is 0 Å². The smallest absolute Gasteiger partial charge is 0.0598 e. The van der Waals surface area contributed by atoms with Crippen LogP contribution in [0.25, 0.3) is 0 Å². The van der Waals surface area contributed by atoms with E-state index in [-0.39, 0.29) is 6.04 Å². The van der Waals surface area contributed by atoms with Gasteiger partial charge in [-0.05, 0) is 71.4 Å². The molecule has 1 nitrogen and oxygen atoms in total. The Morgan fingerprint density at radius 2 is 1.72 bits per heavy atom. The number of rotatable bonds is 3. The third kappa shape index (κ3) is 2.53.